The molecule has 294 valence electrons. The molecule has 4 heterocycles. The Bertz CT molecular complexity index is 3420. The molecule has 0 N–H and O–H groups in total. The number of imidazole rings is 1. The molecule has 0 saturated heterocycles. The molecular formula is C53H39N5OPt-2. The third-order valence-corrected chi connectivity index (χ3v) is 11.5. The van der Waals surface area contributed by atoms with Crippen molar-refractivity contribution < 1.29 is 30.4 Å². The van der Waals surface area contributed by atoms with E-state index < -0.39 is 0 Å². The zero-order valence-electron chi connectivity index (χ0n) is 33.5. The van der Waals surface area contributed by atoms with Crippen LogP contribution in [0.15, 0.2) is 164 Å². The van der Waals surface area contributed by atoms with Gasteiger partial charge in [-0.25, -0.2) is 4.98 Å². The molecule has 7 heteroatoms. The van der Waals surface area contributed by atoms with Crippen molar-refractivity contribution in [2.75, 3.05) is 0 Å². The van der Waals surface area contributed by atoms with Crippen molar-refractivity contribution in [2.24, 2.45) is 7.05 Å². The van der Waals surface area contributed by atoms with Crippen LogP contribution in [0.4, 0.5) is 0 Å². The predicted octanol–water partition coefficient (Wildman–Crippen LogP) is 12.2. The third kappa shape index (κ3) is 6.22. The number of para-hydroxylation sites is 4. The molecule has 0 saturated carbocycles. The Hall–Kier alpha value is -6.75. The number of rotatable bonds is 6. The average Bonchev–Trinajstić information content (AvgIpc) is 3.90. The van der Waals surface area contributed by atoms with Crippen LogP contribution in [0.3, 0.4) is 0 Å². The van der Waals surface area contributed by atoms with Gasteiger partial charge in [0.05, 0.1) is 29.1 Å². The minimum Gasteiger partial charge on any atom is -0.510 e. The molecule has 0 spiro atoms. The normalized spacial score (nSPS) is 11.9. The Morgan fingerprint density at radius 3 is 2.02 bits per heavy atom. The van der Waals surface area contributed by atoms with Crippen LogP contribution in [0, 0.1) is 18.5 Å². The quantitative estimate of drug-likeness (QED) is 0.123. The summed E-state index contributed by atoms with van der Waals surface area (Å²) < 4.78 is 15.1. The van der Waals surface area contributed by atoms with E-state index in [9.17, 15) is 0 Å². The molecule has 60 heavy (non-hydrogen) atoms. The Labute approximate surface area is 362 Å². The largest absolute Gasteiger partial charge is 0.510 e. The Morgan fingerprint density at radius 2 is 1.23 bits per heavy atom. The second-order valence-electron chi connectivity index (χ2n) is 16.2. The number of hydrogen-bond donors (Lipinski definition) is 0. The summed E-state index contributed by atoms with van der Waals surface area (Å²) in [4.78, 5) is 4.94. The molecule has 0 aliphatic heterocycles. The summed E-state index contributed by atoms with van der Waals surface area (Å²) in [6.45, 7) is 6.69. The number of aromatic nitrogens is 5. The molecule has 11 rings (SSSR count). The van der Waals surface area contributed by atoms with Crippen molar-refractivity contribution in [3.05, 3.63) is 188 Å². The van der Waals surface area contributed by atoms with Gasteiger partial charge in [-0.3, -0.25) is 0 Å². The van der Waals surface area contributed by atoms with Crippen molar-refractivity contribution in [1.82, 2.24) is 18.7 Å². The number of aryl methyl sites for hydroxylation is 1. The minimum atomic E-state index is -0.0513. The van der Waals surface area contributed by atoms with Crippen molar-refractivity contribution in [3.8, 4) is 39.8 Å². The molecule has 0 unspecified atom stereocenters. The van der Waals surface area contributed by atoms with Crippen molar-refractivity contribution in [3.63, 3.8) is 0 Å². The van der Waals surface area contributed by atoms with Gasteiger partial charge in [0, 0.05) is 60.7 Å². The molecule has 6 nitrogen and oxygen atoms in total. The number of fused-ring (bicyclic) bond motifs is 7. The second kappa shape index (κ2) is 14.5. The standard InChI is InChI=1S/C53H39N5O.Pt/c1-53(2,3)37-27-28-54-52(31-37)58-48-26-22-36(35-21-25-47-44(29-35)42-17-8-9-18-46(42)57(47)38-13-6-5-7-14-38)30-45(48)43-24-23-41(33-51(43)58)59-40-16-12-15-39(32-40)56-34-55(4)49-19-10-11-20-50(49)56;/h5-31H,1-4H3;/q-2;. The molecule has 7 aromatic carbocycles. The van der Waals surface area contributed by atoms with Crippen LogP contribution in [0.25, 0.3) is 83.0 Å². The maximum absolute atomic E-state index is 6.55. The Balaban J connectivity index is 0.00000433. The molecule has 11 aromatic rings. The molecule has 0 fully saturated rings. The Kier molecular flexibility index (Phi) is 9.07. The number of benzene rings is 7. The van der Waals surface area contributed by atoms with E-state index in [1.54, 1.807) is 0 Å². The van der Waals surface area contributed by atoms with E-state index in [0.29, 0.717) is 11.5 Å². The van der Waals surface area contributed by atoms with E-state index >= 15 is 0 Å². The number of ether oxygens (including phenoxy) is 1. The fourth-order valence-electron chi connectivity index (χ4n) is 8.54. The molecular weight excluding hydrogens is 918 g/mol. The summed E-state index contributed by atoms with van der Waals surface area (Å²) in [6.07, 6.45) is 5.32. The van der Waals surface area contributed by atoms with Gasteiger partial charge in [0.1, 0.15) is 5.82 Å². The summed E-state index contributed by atoms with van der Waals surface area (Å²) in [6, 6.07) is 62.6. The van der Waals surface area contributed by atoms with Gasteiger partial charge in [0.25, 0.3) is 0 Å². The SMILES string of the molecule is C[n+]1[c-]n(-c2[c-]c(Oc3[c-]c4c(cc3)c3cc(-c5ccc6c(c5)c5ccccc5n6-c5ccccc5)ccc3n4-c3cc(C(C)(C)C)ccn3)ccc2)c2ccccc21.[Pt]. The molecule has 0 bridgehead atoms. The van der Waals surface area contributed by atoms with Crippen LogP contribution >= 0.6 is 0 Å². The average molecular weight is 957 g/mol. The summed E-state index contributed by atoms with van der Waals surface area (Å²) in [5.41, 5.74) is 11.9. The maximum Gasteiger partial charge on any atom is 0.242 e. The van der Waals surface area contributed by atoms with Gasteiger partial charge >= 0.3 is 0 Å². The van der Waals surface area contributed by atoms with E-state index in [-0.39, 0.29) is 26.5 Å². The molecule has 0 atom stereocenters. The molecule has 4 aromatic heterocycles. The zero-order valence-corrected chi connectivity index (χ0v) is 35.8. The minimum absolute atomic E-state index is 0. The Morgan fingerprint density at radius 1 is 0.567 bits per heavy atom. The molecule has 0 radical (unpaired) electrons. The van der Waals surface area contributed by atoms with Crippen LogP contribution in [0.5, 0.6) is 11.5 Å². The van der Waals surface area contributed by atoms with E-state index in [2.05, 4.69) is 170 Å². The fraction of sp³-hybridized carbons (Fsp3) is 0.0943. The first-order valence-electron chi connectivity index (χ1n) is 19.9. The van der Waals surface area contributed by atoms with Gasteiger partial charge in [0.2, 0.25) is 6.33 Å². The predicted molar refractivity (Wildman–Crippen MR) is 238 cm³/mol. The first-order valence-corrected chi connectivity index (χ1v) is 19.9. The fourth-order valence-corrected chi connectivity index (χ4v) is 8.54. The first-order chi connectivity index (χ1) is 28.8. The van der Waals surface area contributed by atoms with Gasteiger partial charge in [-0.05, 0) is 76.0 Å². The van der Waals surface area contributed by atoms with Gasteiger partial charge in [-0.15, -0.1) is 29.7 Å². The van der Waals surface area contributed by atoms with Crippen LogP contribution in [0.1, 0.15) is 26.3 Å². The second-order valence-corrected chi connectivity index (χ2v) is 16.2. The summed E-state index contributed by atoms with van der Waals surface area (Å²) in [5.74, 6) is 2.02. The smallest absolute Gasteiger partial charge is 0.242 e. The van der Waals surface area contributed by atoms with Gasteiger partial charge in [-0.2, -0.15) is 18.2 Å². The third-order valence-electron chi connectivity index (χ3n) is 11.5. The van der Waals surface area contributed by atoms with Crippen molar-refractivity contribution in [2.45, 2.75) is 26.2 Å². The van der Waals surface area contributed by atoms with Crippen LogP contribution in [0.2, 0.25) is 0 Å². The molecule has 0 aliphatic carbocycles. The van der Waals surface area contributed by atoms with E-state index in [0.717, 1.165) is 61.2 Å². The maximum atomic E-state index is 6.55. The van der Waals surface area contributed by atoms with Gasteiger partial charge in [0.15, 0.2) is 0 Å². The molecule has 0 amide bonds. The van der Waals surface area contributed by atoms with Crippen LogP contribution < -0.4 is 9.30 Å². The topological polar surface area (TPSA) is 40.8 Å². The summed E-state index contributed by atoms with van der Waals surface area (Å²) in [7, 11) is 2.00. The first kappa shape index (κ1) is 37.5. The monoisotopic (exact) mass is 956 g/mol. The number of nitrogens with zero attached hydrogens (tertiary/aromatic N) is 5. The van der Waals surface area contributed by atoms with Crippen molar-refractivity contribution in [1.29, 1.82) is 0 Å². The van der Waals surface area contributed by atoms with E-state index in [1.807, 2.05) is 58.8 Å². The number of pyridine rings is 1. The van der Waals surface area contributed by atoms with E-state index in [4.69, 9.17) is 9.72 Å². The van der Waals surface area contributed by atoms with Crippen molar-refractivity contribution >= 4 is 54.6 Å². The summed E-state index contributed by atoms with van der Waals surface area (Å²) >= 11 is 0. The number of hydrogen-bond acceptors (Lipinski definition) is 2. The molecule has 0 aliphatic rings. The zero-order chi connectivity index (χ0) is 39.8. The van der Waals surface area contributed by atoms with Crippen LogP contribution in [-0.4, -0.2) is 18.7 Å². The van der Waals surface area contributed by atoms with Crippen LogP contribution in [-0.2, 0) is 33.5 Å². The van der Waals surface area contributed by atoms with Gasteiger partial charge < -0.3 is 23.0 Å². The van der Waals surface area contributed by atoms with Gasteiger partial charge in [-0.1, -0.05) is 111 Å². The summed E-state index contributed by atoms with van der Waals surface area (Å²) in [5, 5.41) is 4.64. The van der Waals surface area contributed by atoms with E-state index in [1.165, 1.54) is 27.4 Å².